The monoisotopic (exact) mass is 225 g/mol. The van der Waals surface area contributed by atoms with Crippen molar-refractivity contribution in [2.24, 2.45) is 5.73 Å². The van der Waals surface area contributed by atoms with Crippen LogP contribution in [0.1, 0.15) is 30.9 Å². The van der Waals surface area contributed by atoms with E-state index in [1.807, 2.05) is 6.08 Å². The largest absolute Gasteiger partial charge is 0.324 e. The molecule has 0 bridgehead atoms. The summed E-state index contributed by atoms with van der Waals surface area (Å²) >= 11 is 0. The molecule has 0 fully saturated rings. The molecule has 0 aliphatic rings. The molecule has 0 saturated carbocycles. The maximum Gasteiger partial charge on any atom is 0.0295 e. The van der Waals surface area contributed by atoms with Crippen LogP contribution < -0.4 is 5.73 Å². The van der Waals surface area contributed by atoms with Crippen molar-refractivity contribution >= 4 is 10.8 Å². The summed E-state index contributed by atoms with van der Waals surface area (Å²) in [6, 6.07) is 15.0. The number of nitrogens with two attached hydrogens (primary N) is 1. The zero-order valence-corrected chi connectivity index (χ0v) is 10.1. The Kier molecular flexibility index (Phi) is 3.94. The molecular weight excluding hydrogens is 206 g/mol. The number of benzene rings is 2. The highest BCUT2D eigenvalue weighted by molar-refractivity contribution is 5.83. The zero-order valence-electron chi connectivity index (χ0n) is 10.1. The van der Waals surface area contributed by atoms with Crippen molar-refractivity contribution in [3.63, 3.8) is 0 Å². The molecule has 0 spiro atoms. The lowest BCUT2D eigenvalue weighted by atomic mass is 9.99. The summed E-state index contributed by atoms with van der Waals surface area (Å²) in [5, 5.41) is 2.54. The lowest BCUT2D eigenvalue weighted by molar-refractivity contribution is 0.618. The van der Waals surface area contributed by atoms with E-state index in [4.69, 9.17) is 5.73 Å². The molecule has 17 heavy (non-hydrogen) atoms. The lowest BCUT2D eigenvalue weighted by Gasteiger charge is -2.12. The molecular formula is C16H19N. The van der Waals surface area contributed by atoms with Crippen LogP contribution in [0.15, 0.2) is 55.1 Å². The summed E-state index contributed by atoms with van der Waals surface area (Å²) in [6.07, 6.45) is 5.12. The highest BCUT2D eigenvalue weighted by atomic mass is 14.6. The van der Waals surface area contributed by atoms with Crippen LogP contribution in [0.3, 0.4) is 0 Å². The van der Waals surface area contributed by atoms with Crippen LogP contribution >= 0.6 is 0 Å². The summed E-state index contributed by atoms with van der Waals surface area (Å²) in [4.78, 5) is 0. The third-order valence-corrected chi connectivity index (χ3v) is 3.13. The first kappa shape index (κ1) is 11.9. The van der Waals surface area contributed by atoms with Crippen LogP contribution in [0.4, 0.5) is 0 Å². The topological polar surface area (TPSA) is 26.0 Å². The van der Waals surface area contributed by atoms with Gasteiger partial charge in [0.15, 0.2) is 0 Å². The quantitative estimate of drug-likeness (QED) is 0.599. The van der Waals surface area contributed by atoms with E-state index >= 15 is 0 Å². The van der Waals surface area contributed by atoms with Crippen molar-refractivity contribution in [3.05, 3.63) is 60.7 Å². The van der Waals surface area contributed by atoms with Gasteiger partial charge in [-0.3, -0.25) is 0 Å². The molecule has 0 radical (unpaired) electrons. The van der Waals surface area contributed by atoms with Gasteiger partial charge in [-0.2, -0.15) is 0 Å². The number of rotatable bonds is 5. The molecule has 2 aromatic carbocycles. The highest BCUT2D eigenvalue weighted by Crippen LogP contribution is 2.22. The molecule has 0 heterocycles. The van der Waals surface area contributed by atoms with Gasteiger partial charge in [-0.05, 0) is 41.7 Å². The van der Waals surface area contributed by atoms with Crippen LogP contribution in [-0.2, 0) is 0 Å². The van der Waals surface area contributed by atoms with Crippen LogP contribution in [-0.4, -0.2) is 0 Å². The first-order valence-electron chi connectivity index (χ1n) is 6.16. The van der Waals surface area contributed by atoms with E-state index in [1.54, 1.807) is 0 Å². The first-order chi connectivity index (χ1) is 8.31. The van der Waals surface area contributed by atoms with Crippen molar-refractivity contribution in [3.8, 4) is 0 Å². The molecule has 0 aliphatic carbocycles. The first-order valence-corrected chi connectivity index (χ1v) is 6.16. The smallest absolute Gasteiger partial charge is 0.0295 e. The van der Waals surface area contributed by atoms with Gasteiger partial charge in [-0.15, -0.1) is 6.58 Å². The lowest BCUT2D eigenvalue weighted by Crippen LogP contribution is -2.09. The second kappa shape index (κ2) is 5.65. The van der Waals surface area contributed by atoms with Crippen molar-refractivity contribution in [1.82, 2.24) is 0 Å². The summed E-state index contributed by atoms with van der Waals surface area (Å²) in [5.41, 5.74) is 7.42. The minimum absolute atomic E-state index is 0.138. The predicted octanol–water partition coefficient (Wildman–Crippen LogP) is 4.20. The van der Waals surface area contributed by atoms with Crippen LogP contribution in [0.5, 0.6) is 0 Å². The number of allylic oxidation sites excluding steroid dienone is 1. The maximum absolute atomic E-state index is 6.19. The fourth-order valence-corrected chi connectivity index (χ4v) is 2.09. The molecule has 1 unspecified atom stereocenters. The molecule has 1 atom stereocenters. The summed E-state index contributed by atoms with van der Waals surface area (Å²) in [5.74, 6) is 0. The highest BCUT2D eigenvalue weighted by Gasteiger charge is 2.05. The van der Waals surface area contributed by atoms with Crippen LogP contribution in [0.25, 0.3) is 10.8 Å². The average molecular weight is 225 g/mol. The number of hydrogen-bond acceptors (Lipinski definition) is 1. The molecule has 88 valence electrons. The zero-order chi connectivity index (χ0) is 12.1. The van der Waals surface area contributed by atoms with Gasteiger partial charge in [0.2, 0.25) is 0 Å². The Morgan fingerprint density at radius 1 is 1.12 bits per heavy atom. The molecule has 0 aliphatic heterocycles. The number of fused-ring (bicyclic) bond motifs is 1. The normalized spacial score (nSPS) is 12.5. The summed E-state index contributed by atoms with van der Waals surface area (Å²) in [6.45, 7) is 3.73. The molecule has 1 nitrogen and oxygen atoms in total. The van der Waals surface area contributed by atoms with Gasteiger partial charge in [-0.25, -0.2) is 0 Å². The van der Waals surface area contributed by atoms with Crippen molar-refractivity contribution < 1.29 is 0 Å². The third-order valence-electron chi connectivity index (χ3n) is 3.13. The molecule has 1 heteroatoms. The Morgan fingerprint density at radius 2 is 1.88 bits per heavy atom. The Hall–Kier alpha value is -1.60. The molecule has 2 rings (SSSR count). The van der Waals surface area contributed by atoms with Gasteiger partial charge in [0.1, 0.15) is 0 Å². The second-order valence-corrected chi connectivity index (χ2v) is 4.43. The Balaban J connectivity index is 2.15. The van der Waals surface area contributed by atoms with E-state index in [0.717, 1.165) is 19.3 Å². The Morgan fingerprint density at radius 3 is 2.65 bits per heavy atom. The summed E-state index contributed by atoms with van der Waals surface area (Å²) < 4.78 is 0. The maximum atomic E-state index is 6.19. The molecule has 0 aromatic heterocycles. The van der Waals surface area contributed by atoms with Gasteiger partial charge >= 0.3 is 0 Å². The van der Waals surface area contributed by atoms with Gasteiger partial charge < -0.3 is 5.73 Å². The second-order valence-electron chi connectivity index (χ2n) is 4.43. The van der Waals surface area contributed by atoms with Crippen LogP contribution in [0.2, 0.25) is 0 Å². The average Bonchev–Trinajstić information content (AvgIpc) is 2.38. The Labute approximate surface area is 103 Å². The number of unbranched alkanes of at least 4 members (excludes halogenated alkanes) is 1. The van der Waals surface area contributed by atoms with E-state index in [-0.39, 0.29) is 6.04 Å². The molecule has 2 N–H and O–H groups in total. The molecule has 0 saturated heterocycles. The van der Waals surface area contributed by atoms with Crippen molar-refractivity contribution in [2.45, 2.75) is 25.3 Å². The van der Waals surface area contributed by atoms with E-state index < -0.39 is 0 Å². The fraction of sp³-hybridized carbons (Fsp3) is 0.250. The molecule has 0 amide bonds. The predicted molar refractivity (Wildman–Crippen MR) is 74.9 cm³/mol. The van der Waals surface area contributed by atoms with Gasteiger partial charge in [0, 0.05) is 6.04 Å². The standard InChI is InChI=1S/C16H19N/c1-2-3-4-9-16(17)15-11-10-13-7-5-6-8-14(13)12-15/h2,5-8,10-12,16H,1,3-4,9,17H2. The van der Waals surface area contributed by atoms with E-state index in [0.29, 0.717) is 0 Å². The van der Waals surface area contributed by atoms with Gasteiger partial charge in [-0.1, -0.05) is 42.5 Å². The van der Waals surface area contributed by atoms with E-state index in [1.165, 1.54) is 16.3 Å². The SMILES string of the molecule is C=CCCCC(N)c1ccc2ccccc2c1. The van der Waals surface area contributed by atoms with Gasteiger partial charge in [0.25, 0.3) is 0 Å². The van der Waals surface area contributed by atoms with E-state index in [9.17, 15) is 0 Å². The minimum atomic E-state index is 0.138. The molecule has 2 aromatic rings. The van der Waals surface area contributed by atoms with Gasteiger partial charge in [0.05, 0.1) is 0 Å². The van der Waals surface area contributed by atoms with Crippen molar-refractivity contribution in [1.29, 1.82) is 0 Å². The van der Waals surface area contributed by atoms with Crippen molar-refractivity contribution in [2.75, 3.05) is 0 Å². The van der Waals surface area contributed by atoms with E-state index in [2.05, 4.69) is 49.0 Å². The Bertz CT molecular complexity index is 502. The minimum Gasteiger partial charge on any atom is -0.324 e. The van der Waals surface area contributed by atoms with Crippen LogP contribution in [0, 0.1) is 0 Å². The fourth-order valence-electron chi connectivity index (χ4n) is 2.09. The summed E-state index contributed by atoms with van der Waals surface area (Å²) in [7, 11) is 0. The number of hydrogen-bond donors (Lipinski definition) is 1. The third kappa shape index (κ3) is 2.95.